The second kappa shape index (κ2) is 8.08. The van der Waals surface area contributed by atoms with Crippen LogP contribution in [0.25, 0.3) is 0 Å². The highest BCUT2D eigenvalue weighted by atomic mass is 16.5. The molecule has 0 amide bonds. The number of nitrogens with one attached hydrogen (secondary N) is 1. The maximum Gasteiger partial charge on any atom is 0.218 e. The zero-order valence-corrected chi connectivity index (χ0v) is 12.8. The molecule has 0 aliphatic heterocycles. The van der Waals surface area contributed by atoms with Crippen molar-refractivity contribution in [2.45, 2.75) is 71.3 Å². The summed E-state index contributed by atoms with van der Waals surface area (Å²) in [6.45, 7) is 4.81. The third-order valence-electron chi connectivity index (χ3n) is 3.77. The molecule has 1 heterocycles. The van der Waals surface area contributed by atoms with Crippen molar-refractivity contribution in [2.24, 2.45) is 0 Å². The summed E-state index contributed by atoms with van der Waals surface area (Å²) in [6, 6.07) is 2.49. The Balaban J connectivity index is 1.95. The first-order valence-corrected chi connectivity index (χ1v) is 8.03. The lowest BCUT2D eigenvalue weighted by atomic mass is 10.1. The first kappa shape index (κ1) is 15.1. The minimum absolute atomic E-state index is 0.551. The lowest BCUT2D eigenvalue weighted by molar-refractivity contribution is 0.296. The summed E-state index contributed by atoms with van der Waals surface area (Å²) in [5.74, 6) is 2.38. The number of hydrogen-bond donors (Lipinski definition) is 1. The smallest absolute Gasteiger partial charge is 0.218 e. The van der Waals surface area contributed by atoms with Gasteiger partial charge in [0, 0.05) is 12.1 Å². The highest BCUT2D eigenvalue weighted by Crippen LogP contribution is 2.22. The summed E-state index contributed by atoms with van der Waals surface area (Å²) in [7, 11) is 0. The van der Waals surface area contributed by atoms with E-state index in [0.717, 1.165) is 31.1 Å². The lowest BCUT2D eigenvalue weighted by Gasteiger charge is -2.17. The van der Waals surface area contributed by atoms with E-state index in [2.05, 4.69) is 22.2 Å². The summed E-state index contributed by atoms with van der Waals surface area (Å²) in [5, 5.41) is 3.56. The fourth-order valence-corrected chi connectivity index (χ4v) is 2.64. The Bertz CT molecular complexity index is 401. The second-order valence-electron chi connectivity index (χ2n) is 5.67. The molecule has 1 aliphatic rings. The van der Waals surface area contributed by atoms with Crippen LogP contribution in [0.3, 0.4) is 0 Å². The van der Waals surface area contributed by atoms with Crippen molar-refractivity contribution in [1.29, 1.82) is 0 Å². The van der Waals surface area contributed by atoms with Crippen LogP contribution in [0.5, 0.6) is 5.88 Å². The highest BCUT2D eigenvalue weighted by Gasteiger charge is 2.13. The van der Waals surface area contributed by atoms with E-state index in [-0.39, 0.29) is 0 Å². The third kappa shape index (κ3) is 4.99. The first-order chi connectivity index (χ1) is 9.78. The van der Waals surface area contributed by atoms with Crippen molar-refractivity contribution in [3.63, 3.8) is 0 Å². The molecular weight excluding hydrogens is 250 g/mol. The Morgan fingerprint density at radius 1 is 1.20 bits per heavy atom. The van der Waals surface area contributed by atoms with Gasteiger partial charge in [0.1, 0.15) is 11.6 Å². The fraction of sp³-hybridized carbons (Fsp3) is 0.750. The Hall–Kier alpha value is -1.32. The van der Waals surface area contributed by atoms with Crippen LogP contribution in [0.1, 0.15) is 64.1 Å². The number of hydrogen-bond acceptors (Lipinski definition) is 4. The van der Waals surface area contributed by atoms with Gasteiger partial charge in [0.25, 0.3) is 0 Å². The first-order valence-electron chi connectivity index (χ1n) is 8.03. The average Bonchev–Trinajstić information content (AvgIpc) is 2.67. The predicted molar refractivity (Wildman–Crippen MR) is 82.3 cm³/mol. The molecule has 0 bridgehead atoms. The Kier molecular flexibility index (Phi) is 6.09. The fourth-order valence-electron chi connectivity index (χ4n) is 2.64. The number of anilines is 1. The molecule has 0 unspecified atom stereocenters. The van der Waals surface area contributed by atoms with Crippen molar-refractivity contribution in [3.05, 3.63) is 11.9 Å². The molecule has 1 N–H and O–H groups in total. The van der Waals surface area contributed by atoms with Crippen LogP contribution in [0.4, 0.5) is 5.82 Å². The van der Waals surface area contributed by atoms with Crippen LogP contribution < -0.4 is 10.1 Å². The molecule has 1 aliphatic carbocycles. The quantitative estimate of drug-likeness (QED) is 0.628. The van der Waals surface area contributed by atoms with E-state index in [4.69, 9.17) is 4.74 Å². The van der Waals surface area contributed by atoms with Crippen molar-refractivity contribution < 1.29 is 4.74 Å². The van der Waals surface area contributed by atoms with E-state index < -0.39 is 0 Å². The van der Waals surface area contributed by atoms with Crippen molar-refractivity contribution in [1.82, 2.24) is 9.97 Å². The summed E-state index contributed by atoms with van der Waals surface area (Å²) >= 11 is 0. The van der Waals surface area contributed by atoms with Crippen LogP contribution >= 0.6 is 0 Å². The zero-order chi connectivity index (χ0) is 14.2. The van der Waals surface area contributed by atoms with Gasteiger partial charge in [0.2, 0.25) is 5.88 Å². The van der Waals surface area contributed by atoms with Crippen LogP contribution in [0, 0.1) is 6.92 Å². The molecule has 0 spiro atoms. The van der Waals surface area contributed by atoms with Gasteiger partial charge in [-0.15, -0.1) is 0 Å². The lowest BCUT2D eigenvalue weighted by Crippen LogP contribution is -2.19. The van der Waals surface area contributed by atoms with Gasteiger partial charge in [-0.3, -0.25) is 0 Å². The SMILES string of the molecule is CCCCOc1cc(NC2CCCCCC2)nc(C)n1. The van der Waals surface area contributed by atoms with E-state index in [1.807, 2.05) is 13.0 Å². The molecule has 4 nitrogen and oxygen atoms in total. The number of unbranched alkanes of at least 4 members (excludes halogenated alkanes) is 1. The zero-order valence-electron chi connectivity index (χ0n) is 12.8. The van der Waals surface area contributed by atoms with E-state index in [1.165, 1.54) is 38.5 Å². The molecule has 4 heteroatoms. The number of aromatic nitrogens is 2. The van der Waals surface area contributed by atoms with Crippen LogP contribution in [0.15, 0.2) is 6.07 Å². The molecule has 112 valence electrons. The van der Waals surface area contributed by atoms with Crippen LogP contribution in [-0.4, -0.2) is 22.6 Å². The van der Waals surface area contributed by atoms with Gasteiger partial charge in [-0.05, 0) is 26.2 Å². The molecule has 20 heavy (non-hydrogen) atoms. The summed E-state index contributed by atoms with van der Waals surface area (Å²) in [6.07, 6.45) is 10.1. The monoisotopic (exact) mass is 277 g/mol. The standard InChI is InChI=1S/C16H27N3O/c1-3-4-11-20-16-12-15(17-13(2)18-16)19-14-9-7-5-6-8-10-14/h12,14H,3-11H2,1-2H3,(H,17,18,19). The molecule has 0 atom stereocenters. The minimum atomic E-state index is 0.551. The van der Waals surface area contributed by atoms with Crippen molar-refractivity contribution in [3.8, 4) is 5.88 Å². The Morgan fingerprint density at radius 3 is 2.65 bits per heavy atom. The maximum atomic E-state index is 5.69. The largest absolute Gasteiger partial charge is 0.478 e. The van der Waals surface area contributed by atoms with E-state index in [9.17, 15) is 0 Å². The van der Waals surface area contributed by atoms with E-state index in [0.29, 0.717) is 11.9 Å². The molecule has 1 fully saturated rings. The summed E-state index contributed by atoms with van der Waals surface area (Å²) in [4.78, 5) is 8.83. The number of ether oxygens (including phenoxy) is 1. The van der Waals surface area contributed by atoms with Gasteiger partial charge in [-0.2, -0.15) is 4.98 Å². The van der Waals surface area contributed by atoms with Crippen LogP contribution in [-0.2, 0) is 0 Å². The van der Waals surface area contributed by atoms with E-state index in [1.54, 1.807) is 0 Å². The normalized spacial score (nSPS) is 16.7. The summed E-state index contributed by atoms with van der Waals surface area (Å²) in [5.41, 5.74) is 0. The molecule has 2 rings (SSSR count). The Morgan fingerprint density at radius 2 is 1.95 bits per heavy atom. The average molecular weight is 277 g/mol. The van der Waals surface area contributed by atoms with Gasteiger partial charge < -0.3 is 10.1 Å². The maximum absolute atomic E-state index is 5.69. The van der Waals surface area contributed by atoms with Crippen LogP contribution in [0.2, 0.25) is 0 Å². The number of aryl methyl sites for hydroxylation is 1. The summed E-state index contributed by atoms with van der Waals surface area (Å²) < 4.78 is 5.69. The van der Waals surface area contributed by atoms with Crippen molar-refractivity contribution >= 4 is 5.82 Å². The molecule has 0 saturated heterocycles. The van der Waals surface area contributed by atoms with Gasteiger partial charge in [0.05, 0.1) is 6.61 Å². The second-order valence-corrected chi connectivity index (χ2v) is 5.67. The number of nitrogens with zero attached hydrogens (tertiary/aromatic N) is 2. The predicted octanol–water partition coefficient (Wildman–Crippen LogP) is 4.10. The molecule has 0 aromatic carbocycles. The third-order valence-corrected chi connectivity index (χ3v) is 3.77. The highest BCUT2D eigenvalue weighted by molar-refractivity contribution is 5.39. The molecule has 1 aromatic heterocycles. The van der Waals surface area contributed by atoms with Gasteiger partial charge in [-0.25, -0.2) is 4.98 Å². The topological polar surface area (TPSA) is 47.0 Å². The number of rotatable bonds is 6. The molecular formula is C16H27N3O. The van der Waals surface area contributed by atoms with Gasteiger partial charge in [-0.1, -0.05) is 39.0 Å². The molecule has 0 radical (unpaired) electrons. The minimum Gasteiger partial charge on any atom is -0.478 e. The molecule has 1 aromatic rings. The van der Waals surface area contributed by atoms with E-state index >= 15 is 0 Å². The Labute approximate surface area is 122 Å². The molecule has 1 saturated carbocycles. The van der Waals surface area contributed by atoms with Gasteiger partial charge in [0.15, 0.2) is 0 Å². The van der Waals surface area contributed by atoms with Crippen molar-refractivity contribution in [2.75, 3.05) is 11.9 Å². The van der Waals surface area contributed by atoms with Gasteiger partial charge >= 0.3 is 0 Å².